The third-order valence-electron chi connectivity index (χ3n) is 2.11. The Morgan fingerprint density at radius 1 is 1.18 bits per heavy atom. The van der Waals surface area contributed by atoms with E-state index in [9.17, 15) is 0 Å². The lowest BCUT2D eigenvalue weighted by atomic mass is 9.96. The zero-order valence-electron chi connectivity index (χ0n) is 9.65. The quantitative estimate of drug-likeness (QED) is 0.775. The second-order valence-electron chi connectivity index (χ2n) is 5.13. The van der Waals surface area contributed by atoms with Crippen molar-refractivity contribution in [3.05, 3.63) is 0 Å². The van der Waals surface area contributed by atoms with Gasteiger partial charge in [0.15, 0.2) is 6.17 Å². The van der Waals surface area contributed by atoms with Crippen LogP contribution in [0, 0.1) is 5.41 Å². The molecule has 17 heavy (non-hydrogen) atoms. The lowest BCUT2D eigenvalue weighted by Gasteiger charge is -2.39. The average Bonchev–Trinajstić information content (AvgIpc) is 2.46. The van der Waals surface area contributed by atoms with Crippen LogP contribution in [0.3, 0.4) is 0 Å². The lowest BCUT2D eigenvalue weighted by Crippen LogP contribution is -2.56. The molecule has 0 radical (unpaired) electrons. The summed E-state index contributed by atoms with van der Waals surface area (Å²) in [6, 6.07) is 0. The molecule has 0 aromatic rings. The van der Waals surface area contributed by atoms with Crippen molar-refractivity contribution in [3.63, 3.8) is 0 Å². The maximum absolute atomic E-state index is 6.13. The highest BCUT2D eigenvalue weighted by molar-refractivity contribution is 6.75. The summed E-state index contributed by atoms with van der Waals surface area (Å²) in [6.45, 7) is 6.91. The van der Waals surface area contributed by atoms with E-state index in [2.05, 4.69) is 31.3 Å². The number of hydrazone groups is 1. The summed E-state index contributed by atoms with van der Waals surface area (Å²) in [5.41, 5.74) is 2.79. The molecule has 8 heteroatoms. The summed E-state index contributed by atoms with van der Waals surface area (Å²) in [7, 11) is 0. The fraction of sp³-hybridized carbons (Fsp3) is 0.889. The summed E-state index contributed by atoms with van der Waals surface area (Å²) < 4.78 is -3.43. The highest BCUT2D eigenvalue weighted by Crippen LogP contribution is 2.49. The Balaban J connectivity index is 2.85. The molecule has 1 aliphatic rings. The molecule has 1 heterocycles. The third-order valence-corrected chi connectivity index (χ3v) is 4.57. The summed E-state index contributed by atoms with van der Waals surface area (Å²) >= 11 is 29.6. The van der Waals surface area contributed by atoms with Crippen LogP contribution in [0.4, 0.5) is 0 Å². The first-order chi connectivity index (χ1) is 7.45. The van der Waals surface area contributed by atoms with Crippen LogP contribution in [0.25, 0.3) is 0 Å². The minimum Gasteiger partial charge on any atom is -0.336 e. The summed E-state index contributed by atoms with van der Waals surface area (Å²) in [5.74, 6) is 0. The summed E-state index contributed by atoms with van der Waals surface area (Å²) in [6.07, 6.45) is 1.02. The molecule has 0 fully saturated rings. The third kappa shape index (κ3) is 3.84. The topological polar surface area (TPSA) is 27.6 Å². The molecule has 0 aromatic carbocycles. The number of nitrogens with one attached hydrogen (secondary N) is 1. The zero-order valence-corrected chi connectivity index (χ0v) is 13.4. The smallest absolute Gasteiger partial charge is 0.227 e. The minimum absolute atomic E-state index is 0.0355. The Bertz CT molecular complexity index is 305. The second-order valence-corrected chi connectivity index (χ2v) is 8.80. The van der Waals surface area contributed by atoms with Crippen LogP contribution in [0.15, 0.2) is 5.10 Å². The predicted molar refractivity (Wildman–Crippen MR) is 76.3 cm³/mol. The van der Waals surface area contributed by atoms with Gasteiger partial charge in [0, 0.05) is 6.54 Å². The molecule has 0 saturated carbocycles. The number of rotatable bonds is 2. The fourth-order valence-corrected chi connectivity index (χ4v) is 2.10. The Kier molecular flexibility index (Phi) is 4.65. The molecule has 1 aliphatic heterocycles. The van der Waals surface area contributed by atoms with Gasteiger partial charge >= 0.3 is 0 Å². The van der Waals surface area contributed by atoms with E-state index in [0.29, 0.717) is 6.54 Å². The molecular formula is C9H14Cl5N3. The van der Waals surface area contributed by atoms with Gasteiger partial charge in [0.2, 0.25) is 8.13 Å². The van der Waals surface area contributed by atoms with Crippen molar-refractivity contribution >= 4 is 64.3 Å². The van der Waals surface area contributed by atoms with Gasteiger partial charge in [-0.25, -0.2) is 0 Å². The number of nitrogens with zero attached hydrogens (tertiary/aromatic N) is 2. The van der Waals surface area contributed by atoms with E-state index in [1.807, 2.05) is 4.90 Å². The number of alkyl halides is 5. The molecule has 1 N–H and O–H groups in total. The van der Waals surface area contributed by atoms with Crippen LogP contribution in [-0.4, -0.2) is 32.1 Å². The largest absolute Gasteiger partial charge is 0.336 e. The van der Waals surface area contributed by atoms with Gasteiger partial charge in [-0.2, -0.15) is 5.10 Å². The van der Waals surface area contributed by atoms with Crippen molar-refractivity contribution in [2.24, 2.45) is 10.5 Å². The van der Waals surface area contributed by atoms with Crippen molar-refractivity contribution in [3.8, 4) is 0 Å². The molecule has 0 bridgehead atoms. The van der Waals surface area contributed by atoms with Gasteiger partial charge in [-0.1, -0.05) is 78.8 Å². The van der Waals surface area contributed by atoms with Crippen molar-refractivity contribution in [2.45, 2.75) is 35.1 Å². The number of hydrogen-bond acceptors (Lipinski definition) is 3. The maximum atomic E-state index is 6.13. The van der Waals surface area contributed by atoms with E-state index >= 15 is 0 Å². The van der Waals surface area contributed by atoms with Crippen LogP contribution in [-0.2, 0) is 0 Å². The Morgan fingerprint density at radius 3 is 2.12 bits per heavy atom. The van der Waals surface area contributed by atoms with E-state index in [1.165, 1.54) is 0 Å². The molecule has 0 aromatic heterocycles. The second kappa shape index (κ2) is 5.01. The highest BCUT2D eigenvalue weighted by Gasteiger charge is 2.55. The van der Waals surface area contributed by atoms with Gasteiger partial charge in [0.05, 0.1) is 0 Å². The summed E-state index contributed by atoms with van der Waals surface area (Å²) in [5, 5.41) is 3.92. The molecule has 0 spiro atoms. The molecule has 1 rings (SSSR count). The van der Waals surface area contributed by atoms with Gasteiger partial charge in [-0.15, -0.1) is 0 Å². The predicted octanol–water partition coefficient (Wildman–Crippen LogP) is 3.75. The Morgan fingerprint density at radius 2 is 1.71 bits per heavy atom. The standard InChI is InChI=1S/C9H14Cl5N3/c1-7(2,3)4-17-5-15-16-6(17)8(10,11)9(12,13)14/h5-6,16H,4H2,1-3H3. The Hall–Kier alpha value is 0.720. The molecule has 0 amide bonds. The Labute approximate surface area is 126 Å². The van der Waals surface area contributed by atoms with Crippen LogP contribution in [0.2, 0.25) is 0 Å². The van der Waals surface area contributed by atoms with Crippen LogP contribution >= 0.6 is 58.0 Å². The van der Waals surface area contributed by atoms with E-state index in [4.69, 9.17) is 58.0 Å². The van der Waals surface area contributed by atoms with Gasteiger partial charge in [0.25, 0.3) is 0 Å². The van der Waals surface area contributed by atoms with Crippen molar-refractivity contribution in [1.82, 2.24) is 10.3 Å². The fourth-order valence-electron chi connectivity index (χ4n) is 1.44. The van der Waals surface area contributed by atoms with Crippen LogP contribution in [0.5, 0.6) is 0 Å². The summed E-state index contributed by atoms with van der Waals surface area (Å²) in [4.78, 5) is 1.82. The van der Waals surface area contributed by atoms with E-state index in [-0.39, 0.29) is 5.41 Å². The number of hydrogen-bond donors (Lipinski definition) is 1. The molecule has 0 saturated heterocycles. The first kappa shape index (κ1) is 15.8. The molecule has 1 atom stereocenters. The van der Waals surface area contributed by atoms with Gasteiger partial charge in [-0.3, -0.25) is 5.43 Å². The lowest BCUT2D eigenvalue weighted by molar-refractivity contribution is 0.208. The number of halogens is 5. The minimum atomic E-state index is -1.82. The highest BCUT2D eigenvalue weighted by atomic mass is 35.6. The van der Waals surface area contributed by atoms with E-state index in [1.54, 1.807) is 6.34 Å². The molecule has 1 unspecified atom stereocenters. The van der Waals surface area contributed by atoms with E-state index < -0.39 is 14.3 Å². The van der Waals surface area contributed by atoms with Crippen molar-refractivity contribution in [1.29, 1.82) is 0 Å². The van der Waals surface area contributed by atoms with Gasteiger partial charge in [-0.05, 0) is 5.41 Å². The van der Waals surface area contributed by atoms with Gasteiger partial charge in [0.1, 0.15) is 6.34 Å². The monoisotopic (exact) mass is 339 g/mol. The molecule has 100 valence electrons. The maximum Gasteiger partial charge on any atom is 0.227 e. The van der Waals surface area contributed by atoms with E-state index in [0.717, 1.165) is 0 Å². The van der Waals surface area contributed by atoms with Crippen LogP contribution < -0.4 is 5.43 Å². The average molecular weight is 341 g/mol. The van der Waals surface area contributed by atoms with Crippen molar-refractivity contribution in [2.75, 3.05) is 6.54 Å². The first-order valence-electron chi connectivity index (χ1n) is 4.94. The zero-order chi connectivity index (χ0) is 13.5. The normalized spacial score (nSPS) is 21.9. The van der Waals surface area contributed by atoms with Crippen molar-refractivity contribution < 1.29 is 0 Å². The van der Waals surface area contributed by atoms with Crippen LogP contribution in [0.1, 0.15) is 20.8 Å². The molecule has 3 nitrogen and oxygen atoms in total. The molecule has 0 aliphatic carbocycles. The van der Waals surface area contributed by atoms with Gasteiger partial charge < -0.3 is 4.90 Å². The molecular weight excluding hydrogens is 327 g/mol. The SMILES string of the molecule is CC(C)(C)CN1C=NNC1C(Cl)(Cl)C(Cl)(Cl)Cl. The first-order valence-corrected chi connectivity index (χ1v) is 6.83.